The Labute approximate surface area is 71.3 Å². The Morgan fingerprint density at radius 2 is 1.92 bits per heavy atom. The summed E-state index contributed by atoms with van der Waals surface area (Å²) in [6.07, 6.45) is 4.79. The summed E-state index contributed by atoms with van der Waals surface area (Å²) in [6, 6.07) is 5.80. The van der Waals surface area contributed by atoms with Crippen molar-refractivity contribution in [3.05, 3.63) is 30.6 Å². The van der Waals surface area contributed by atoms with Crippen LogP contribution in [0.4, 0.5) is 0 Å². The second-order valence-electron chi connectivity index (χ2n) is 2.61. The Morgan fingerprint density at radius 3 is 2.50 bits per heavy atom. The smallest absolute Gasteiger partial charge is 0.303 e. The number of aryl methyl sites for hydroxylation is 1. The summed E-state index contributed by atoms with van der Waals surface area (Å²) in [4.78, 5) is 10.2. The lowest BCUT2D eigenvalue weighted by Crippen LogP contribution is -2.32. The fourth-order valence-corrected chi connectivity index (χ4v) is 0.996. The van der Waals surface area contributed by atoms with Gasteiger partial charge in [-0.25, -0.2) is 4.57 Å². The van der Waals surface area contributed by atoms with Gasteiger partial charge in [-0.15, -0.1) is 0 Å². The lowest BCUT2D eigenvalue weighted by atomic mass is 10.3. The molecule has 0 aliphatic rings. The minimum absolute atomic E-state index is 0.238. The highest BCUT2D eigenvalue weighted by molar-refractivity contribution is 5.66. The van der Waals surface area contributed by atoms with Gasteiger partial charge in [0.25, 0.3) is 0 Å². The number of carboxylic acids is 1. The zero-order chi connectivity index (χ0) is 8.81. The van der Waals surface area contributed by atoms with Gasteiger partial charge in [-0.1, -0.05) is 6.07 Å². The highest BCUT2D eigenvalue weighted by atomic mass is 16.4. The Balaban J connectivity index is 2.29. The van der Waals surface area contributed by atoms with Gasteiger partial charge in [0.1, 0.15) is 6.54 Å². The van der Waals surface area contributed by atoms with Crippen LogP contribution in [-0.2, 0) is 11.3 Å². The third-order valence-electron chi connectivity index (χ3n) is 1.58. The lowest BCUT2D eigenvalue weighted by molar-refractivity contribution is -0.697. The van der Waals surface area contributed by atoms with Crippen LogP contribution in [0.5, 0.6) is 0 Å². The van der Waals surface area contributed by atoms with Gasteiger partial charge in [0.15, 0.2) is 12.4 Å². The van der Waals surface area contributed by atoms with Gasteiger partial charge < -0.3 is 5.11 Å². The number of carbonyl (C=O) groups is 1. The number of pyridine rings is 1. The van der Waals surface area contributed by atoms with E-state index in [0.717, 1.165) is 6.54 Å². The maximum atomic E-state index is 10.2. The van der Waals surface area contributed by atoms with Crippen molar-refractivity contribution in [3.8, 4) is 0 Å². The van der Waals surface area contributed by atoms with E-state index in [1.807, 2.05) is 35.2 Å². The summed E-state index contributed by atoms with van der Waals surface area (Å²) in [6.45, 7) is 0.771. The molecule has 0 aliphatic carbocycles. The molecule has 1 N–H and O–H groups in total. The van der Waals surface area contributed by atoms with Crippen molar-refractivity contribution < 1.29 is 14.5 Å². The molecule has 1 rings (SSSR count). The fourth-order valence-electron chi connectivity index (χ4n) is 0.996. The molecular weight excluding hydrogens is 154 g/mol. The molecule has 0 unspecified atom stereocenters. The monoisotopic (exact) mass is 166 g/mol. The van der Waals surface area contributed by atoms with Crippen molar-refractivity contribution in [2.75, 3.05) is 0 Å². The topological polar surface area (TPSA) is 41.2 Å². The lowest BCUT2D eigenvalue weighted by Gasteiger charge is -1.93. The average molecular weight is 166 g/mol. The number of carboxylic acid groups (broad SMARTS) is 1. The van der Waals surface area contributed by atoms with E-state index in [-0.39, 0.29) is 6.42 Å². The third-order valence-corrected chi connectivity index (χ3v) is 1.58. The molecule has 0 fully saturated rings. The van der Waals surface area contributed by atoms with Crippen LogP contribution in [0.25, 0.3) is 0 Å². The Morgan fingerprint density at radius 1 is 1.25 bits per heavy atom. The molecule has 1 aromatic rings. The average Bonchev–Trinajstić information content (AvgIpc) is 2.05. The van der Waals surface area contributed by atoms with E-state index in [1.54, 1.807) is 0 Å². The summed E-state index contributed by atoms with van der Waals surface area (Å²) < 4.78 is 1.98. The molecule has 0 atom stereocenters. The number of rotatable bonds is 4. The molecular formula is C9H12NO2+. The van der Waals surface area contributed by atoms with Gasteiger partial charge in [-0.3, -0.25) is 4.79 Å². The zero-order valence-electron chi connectivity index (χ0n) is 6.81. The van der Waals surface area contributed by atoms with Crippen molar-refractivity contribution in [1.29, 1.82) is 0 Å². The maximum absolute atomic E-state index is 10.2. The van der Waals surface area contributed by atoms with Crippen LogP contribution in [0.2, 0.25) is 0 Å². The molecule has 1 aromatic heterocycles. The predicted molar refractivity (Wildman–Crippen MR) is 43.5 cm³/mol. The highest BCUT2D eigenvalue weighted by Crippen LogP contribution is 1.88. The molecule has 0 radical (unpaired) electrons. The largest absolute Gasteiger partial charge is 0.481 e. The van der Waals surface area contributed by atoms with Crippen molar-refractivity contribution in [2.24, 2.45) is 0 Å². The zero-order valence-corrected chi connectivity index (χ0v) is 6.81. The normalized spacial score (nSPS) is 9.67. The number of hydrogen-bond acceptors (Lipinski definition) is 1. The second kappa shape index (κ2) is 4.49. The van der Waals surface area contributed by atoms with E-state index in [0.29, 0.717) is 6.42 Å². The van der Waals surface area contributed by atoms with Crippen LogP contribution >= 0.6 is 0 Å². The van der Waals surface area contributed by atoms with Crippen LogP contribution in [0.15, 0.2) is 30.6 Å². The second-order valence-corrected chi connectivity index (χ2v) is 2.61. The molecule has 0 saturated heterocycles. The Bertz CT molecular complexity index is 246. The van der Waals surface area contributed by atoms with Gasteiger partial charge in [-0.05, 0) is 0 Å². The first kappa shape index (κ1) is 8.71. The van der Waals surface area contributed by atoms with Crippen molar-refractivity contribution in [2.45, 2.75) is 19.4 Å². The Kier molecular flexibility index (Phi) is 3.26. The van der Waals surface area contributed by atoms with Crippen LogP contribution in [0.3, 0.4) is 0 Å². The molecule has 12 heavy (non-hydrogen) atoms. The van der Waals surface area contributed by atoms with Crippen molar-refractivity contribution in [3.63, 3.8) is 0 Å². The first-order chi connectivity index (χ1) is 5.79. The van der Waals surface area contributed by atoms with Gasteiger partial charge in [0.05, 0.1) is 6.42 Å². The van der Waals surface area contributed by atoms with Gasteiger partial charge in [0, 0.05) is 18.6 Å². The van der Waals surface area contributed by atoms with E-state index in [9.17, 15) is 4.79 Å². The molecule has 0 aliphatic heterocycles. The molecule has 0 amide bonds. The van der Waals surface area contributed by atoms with Crippen LogP contribution in [0.1, 0.15) is 12.8 Å². The Hall–Kier alpha value is -1.38. The van der Waals surface area contributed by atoms with Gasteiger partial charge in [0.2, 0.25) is 0 Å². The van der Waals surface area contributed by atoms with E-state index < -0.39 is 5.97 Å². The van der Waals surface area contributed by atoms with Gasteiger partial charge in [-0.2, -0.15) is 0 Å². The molecule has 0 aromatic carbocycles. The van der Waals surface area contributed by atoms with E-state index in [2.05, 4.69) is 0 Å². The fraction of sp³-hybridized carbons (Fsp3) is 0.333. The highest BCUT2D eigenvalue weighted by Gasteiger charge is 2.00. The first-order valence-corrected chi connectivity index (χ1v) is 3.95. The summed E-state index contributed by atoms with van der Waals surface area (Å²) in [5.74, 6) is -0.730. The summed E-state index contributed by atoms with van der Waals surface area (Å²) >= 11 is 0. The third kappa shape index (κ3) is 3.14. The minimum Gasteiger partial charge on any atom is -0.481 e. The molecule has 0 saturated carbocycles. The summed E-state index contributed by atoms with van der Waals surface area (Å²) in [5.41, 5.74) is 0. The molecule has 1 heterocycles. The van der Waals surface area contributed by atoms with Gasteiger partial charge >= 0.3 is 5.97 Å². The van der Waals surface area contributed by atoms with Crippen LogP contribution in [0, 0.1) is 0 Å². The molecule has 3 heteroatoms. The molecule has 0 bridgehead atoms. The van der Waals surface area contributed by atoms with Crippen molar-refractivity contribution >= 4 is 5.97 Å². The van der Waals surface area contributed by atoms with E-state index in [4.69, 9.17) is 5.11 Å². The first-order valence-electron chi connectivity index (χ1n) is 3.95. The summed E-state index contributed by atoms with van der Waals surface area (Å²) in [5, 5.41) is 8.38. The van der Waals surface area contributed by atoms with Crippen molar-refractivity contribution in [1.82, 2.24) is 0 Å². The van der Waals surface area contributed by atoms with Crippen LogP contribution < -0.4 is 4.57 Å². The number of aliphatic carboxylic acids is 1. The number of aromatic nitrogens is 1. The number of hydrogen-bond donors (Lipinski definition) is 1. The SMILES string of the molecule is O=C(O)CCC[n+]1ccccc1. The van der Waals surface area contributed by atoms with E-state index >= 15 is 0 Å². The van der Waals surface area contributed by atoms with Crippen LogP contribution in [-0.4, -0.2) is 11.1 Å². The quantitative estimate of drug-likeness (QED) is 0.673. The number of nitrogens with zero attached hydrogens (tertiary/aromatic N) is 1. The molecule has 0 spiro atoms. The van der Waals surface area contributed by atoms with E-state index in [1.165, 1.54) is 0 Å². The maximum Gasteiger partial charge on any atom is 0.303 e. The summed E-state index contributed by atoms with van der Waals surface area (Å²) in [7, 11) is 0. The molecule has 3 nitrogen and oxygen atoms in total. The predicted octanol–water partition coefficient (Wildman–Crippen LogP) is 0.839. The standard InChI is InChI=1S/C9H11NO2/c11-9(12)5-4-8-10-6-2-1-3-7-10/h1-3,6-7H,4-5,8H2/p+1. The minimum atomic E-state index is -0.730. The molecule has 64 valence electrons.